The Balaban J connectivity index is 3.57. The van der Waals surface area contributed by atoms with Gasteiger partial charge in [0.2, 0.25) is 0 Å². The quantitative estimate of drug-likeness (QED) is 0.367. The first kappa shape index (κ1) is 16.6. The van der Waals surface area contributed by atoms with Gasteiger partial charge in [-0.2, -0.15) is 5.26 Å². The van der Waals surface area contributed by atoms with Crippen molar-refractivity contribution in [3.05, 3.63) is 11.6 Å². The molecule has 0 aliphatic carbocycles. The molecule has 0 saturated heterocycles. The fourth-order valence-electron chi connectivity index (χ4n) is 1.23. The zero-order valence-corrected chi connectivity index (χ0v) is 11.0. The van der Waals surface area contributed by atoms with Crippen LogP contribution < -0.4 is 0 Å². The highest BCUT2D eigenvalue weighted by Gasteiger charge is 2.04. The molecule has 102 valence electrons. The molecule has 0 heterocycles. The Morgan fingerprint density at radius 1 is 1.50 bits per heavy atom. The monoisotopic (exact) mass is 255 g/mol. The van der Waals surface area contributed by atoms with Crippen molar-refractivity contribution in [1.82, 2.24) is 0 Å². The van der Waals surface area contributed by atoms with Crippen molar-refractivity contribution in [3.63, 3.8) is 0 Å². The summed E-state index contributed by atoms with van der Waals surface area (Å²) in [4.78, 5) is 10.5. The van der Waals surface area contributed by atoms with Crippen LogP contribution in [0.3, 0.4) is 0 Å². The lowest BCUT2D eigenvalue weighted by Crippen LogP contribution is -2.16. The molecule has 0 aromatic rings. The molecule has 0 aromatic heterocycles. The van der Waals surface area contributed by atoms with E-state index >= 15 is 0 Å². The minimum absolute atomic E-state index is 0.0779. The van der Waals surface area contributed by atoms with Gasteiger partial charge in [-0.15, -0.1) is 0 Å². The lowest BCUT2D eigenvalue weighted by Gasteiger charge is -2.12. The van der Waals surface area contributed by atoms with Crippen LogP contribution >= 0.6 is 0 Å². The number of unbranched alkanes of at least 4 members (excludes halogenated alkanes) is 1. The Hall–Kier alpha value is -1.38. The van der Waals surface area contributed by atoms with E-state index in [1.807, 2.05) is 6.92 Å². The normalized spacial score (nSPS) is 13.1. The third-order valence-electron chi connectivity index (χ3n) is 2.15. The molecule has 1 atom stereocenters. The maximum atomic E-state index is 10.5. The molecule has 0 bridgehead atoms. The predicted molar refractivity (Wildman–Crippen MR) is 67.1 cm³/mol. The van der Waals surface area contributed by atoms with Gasteiger partial charge in [0.1, 0.15) is 11.6 Å². The third kappa shape index (κ3) is 8.74. The molecule has 5 nitrogen and oxygen atoms in total. The number of nitrogens with zero attached hydrogens (tertiary/aromatic N) is 1. The van der Waals surface area contributed by atoms with Gasteiger partial charge in [-0.3, -0.25) is 0 Å². The van der Waals surface area contributed by atoms with Gasteiger partial charge < -0.3 is 14.6 Å². The molecular weight excluding hydrogens is 234 g/mol. The molecule has 0 aliphatic rings. The van der Waals surface area contributed by atoms with Crippen molar-refractivity contribution >= 4 is 5.97 Å². The molecule has 0 radical (unpaired) electrons. The average molecular weight is 255 g/mol. The standard InChI is InChI=1S/C13H21NO4/c1-3-7-18-11(2)10-17-8-5-4-6-12(9-14)13(15)16/h6,11H,3-5,7-8,10H2,1-2H3,(H,15,16). The second kappa shape index (κ2) is 10.8. The van der Waals surface area contributed by atoms with Crippen LogP contribution in [0.2, 0.25) is 0 Å². The summed E-state index contributed by atoms with van der Waals surface area (Å²) in [6, 6.07) is 1.63. The van der Waals surface area contributed by atoms with Crippen LogP contribution in [0.5, 0.6) is 0 Å². The zero-order chi connectivity index (χ0) is 13.8. The molecule has 18 heavy (non-hydrogen) atoms. The summed E-state index contributed by atoms with van der Waals surface area (Å²) in [6.07, 6.45) is 3.71. The summed E-state index contributed by atoms with van der Waals surface area (Å²) in [7, 11) is 0. The van der Waals surface area contributed by atoms with Crippen molar-refractivity contribution in [1.29, 1.82) is 5.26 Å². The number of rotatable bonds is 10. The summed E-state index contributed by atoms with van der Waals surface area (Å²) in [5.41, 5.74) is -0.213. The Kier molecular flexibility index (Phi) is 9.93. The molecule has 0 rings (SSSR count). The first-order valence-electron chi connectivity index (χ1n) is 6.14. The number of allylic oxidation sites excluding steroid dienone is 1. The molecular formula is C13H21NO4. The first-order valence-corrected chi connectivity index (χ1v) is 6.14. The van der Waals surface area contributed by atoms with Crippen LogP contribution in [0.1, 0.15) is 33.1 Å². The number of carboxylic acid groups (broad SMARTS) is 1. The molecule has 0 saturated carbocycles. The molecule has 0 aliphatic heterocycles. The van der Waals surface area contributed by atoms with E-state index in [1.54, 1.807) is 6.07 Å². The highest BCUT2D eigenvalue weighted by molar-refractivity contribution is 5.90. The second-order valence-electron chi connectivity index (χ2n) is 3.93. The van der Waals surface area contributed by atoms with Crippen LogP contribution in [-0.2, 0) is 14.3 Å². The number of aliphatic carboxylic acids is 1. The highest BCUT2D eigenvalue weighted by Crippen LogP contribution is 2.00. The van der Waals surface area contributed by atoms with E-state index in [4.69, 9.17) is 19.8 Å². The molecule has 0 spiro atoms. The minimum atomic E-state index is -1.18. The van der Waals surface area contributed by atoms with E-state index in [-0.39, 0.29) is 11.7 Å². The number of hydrogen-bond acceptors (Lipinski definition) is 4. The van der Waals surface area contributed by atoms with Gasteiger partial charge in [-0.1, -0.05) is 13.0 Å². The molecule has 5 heteroatoms. The zero-order valence-electron chi connectivity index (χ0n) is 11.0. The van der Waals surface area contributed by atoms with E-state index in [0.717, 1.165) is 13.0 Å². The maximum Gasteiger partial charge on any atom is 0.346 e. The fraction of sp³-hybridized carbons (Fsp3) is 0.692. The van der Waals surface area contributed by atoms with E-state index in [0.29, 0.717) is 26.1 Å². The van der Waals surface area contributed by atoms with Gasteiger partial charge in [0.05, 0.1) is 12.7 Å². The third-order valence-corrected chi connectivity index (χ3v) is 2.15. The summed E-state index contributed by atoms with van der Waals surface area (Å²) in [6.45, 7) is 5.81. The Bertz CT molecular complexity index is 307. The summed E-state index contributed by atoms with van der Waals surface area (Å²) in [5.74, 6) is -1.18. The Labute approximate surface area is 108 Å². The van der Waals surface area contributed by atoms with Gasteiger partial charge in [0.15, 0.2) is 0 Å². The van der Waals surface area contributed by atoms with Crippen LogP contribution in [0.25, 0.3) is 0 Å². The predicted octanol–water partition coefficient (Wildman–Crippen LogP) is 2.13. The van der Waals surface area contributed by atoms with Crippen molar-refractivity contribution in [2.75, 3.05) is 19.8 Å². The summed E-state index contributed by atoms with van der Waals surface area (Å²) in [5, 5.41) is 17.1. The molecule has 0 aromatic carbocycles. The van der Waals surface area contributed by atoms with Crippen LogP contribution in [-0.4, -0.2) is 37.0 Å². The van der Waals surface area contributed by atoms with Gasteiger partial charge in [0.25, 0.3) is 0 Å². The number of hydrogen-bond donors (Lipinski definition) is 1. The summed E-state index contributed by atoms with van der Waals surface area (Å²) >= 11 is 0. The van der Waals surface area contributed by atoms with Crippen LogP contribution in [0.4, 0.5) is 0 Å². The van der Waals surface area contributed by atoms with Crippen molar-refractivity contribution < 1.29 is 19.4 Å². The van der Waals surface area contributed by atoms with Gasteiger partial charge in [0, 0.05) is 13.2 Å². The second-order valence-corrected chi connectivity index (χ2v) is 3.93. The van der Waals surface area contributed by atoms with Crippen LogP contribution in [0, 0.1) is 11.3 Å². The SMILES string of the molecule is CCCOC(C)COCCCC=C(C#N)C(=O)O. The van der Waals surface area contributed by atoms with Gasteiger partial charge >= 0.3 is 5.97 Å². The van der Waals surface area contributed by atoms with Gasteiger partial charge in [-0.25, -0.2) is 4.79 Å². The number of carbonyl (C=O) groups is 1. The van der Waals surface area contributed by atoms with E-state index in [1.165, 1.54) is 6.08 Å². The van der Waals surface area contributed by atoms with Gasteiger partial charge in [-0.05, 0) is 26.2 Å². The number of carboxylic acids is 1. The van der Waals surface area contributed by atoms with Crippen molar-refractivity contribution in [2.24, 2.45) is 0 Å². The van der Waals surface area contributed by atoms with E-state index < -0.39 is 5.97 Å². The fourth-order valence-corrected chi connectivity index (χ4v) is 1.23. The number of ether oxygens (including phenoxy) is 2. The largest absolute Gasteiger partial charge is 0.477 e. The van der Waals surface area contributed by atoms with Crippen LogP contribution in [0.15, 0.2) is 11.6 Å². The number of nitriles is 1. The summed E-state index contributed by atoms with van der Waals surface area (Å²) < 4.78 is 10.8. The Morgan fingerprint density at radius 3 is 2.78 bits per heavy atom. The minimum Gasteiger partial charge on any atom is -0.477 e. The van der Waals surface area contributed by atoms with E-state index in [2.05, 4.69) is 6.92 Å². The van der Waals surface area contributed by atoms with Crippen molar-refractivity contribution in [3.8, 4) is 6.07 Å². The molecule has 0 fully saturated rings. The van der Waals surface area contributed by atoms with Crippen molar-refractivity contribution in [2.45, 2.75) is 39.2 Å². The molecule has 1 N–H and O–H groups in total. The topological polar surface area (TPSA) is 79.5 Å². The lowest BCUT2D eigenvalue weighted by atomic mass is 10.2. The average Bonchev–Trinajstić information content (AvgIpc) is 2.35. The maximum absolute atomic E-state index is 10.5. The lowest BCUT2D eigenvalue weighted by molar-refractivity contribution is -0.132. The smallest absolute Gasteiger partial charge is 0.346 e. The van der Waals surface area contributed by atoms with E-state index in [9.17, 15) is 4.79 Å². The molecule has 0 amide bonds. The first-order chi connectivity index (χ1) is 8.61. The highest BCUT2D eigenvalue weighted by atomic mass is 16.5. The Morgan fingerprint density at radius 2 is 2.22 bits per heavy atom. The molecule has 1 unspecified atom stereocenters.